The number of aromatic nitrogens is 1. The number of fused-ring (bicyclic) bond motifs is 1. The summed E-state index contributed by atoms with van der Waals surface area (Å²) < 4.78 is 29.1. The van der Waals surface area contributed by atoms with Crippen molar-refractivity contribution in [1.29, 1.82) is 0 Å². The van der Waals surface area contributed by atoms with E-state index < -0.39 is 6.17 Å². The lowest BCUT2D eigenvalue weighted by Gasteiger charge is -2.29. The Morgan fingerprint density at radius 1 is 0.717 bits per heavy atom. The normalized spacial score (nSPS) is 13.6. The van der Waals surface area contributed by atoms with Gasteiger partial charge in [-0.15, -0.1) is 0 Å². The minimum absolute atomic E-state index is 0.157. The van der Waals surface area contributed by atoms with Crippen LogP contribution in [0, 0.1) is 6.92 Å². The Morgan fingerprint density at radius 3 is 2.04 bits per heavy atom. The first-order chi connectivity index (χ1) is 25.8. The van der Waals surface area contributed by atoms with Crippen molar-refractivity contribution in [3.05, 3.63) is 106 Å². The molecule has 5 aromatic rings. The third kappa shape index (κ3) is 8.08. The van der Waals surface area contributed by atoms with Crippen molar-refractivity contribution in [2.45, 2.75) is 52.4 Å². The summed E-state index contributed by atoms with van der Waals surface area (Å²) in [4.78, 5) is 12.7. The topological polar surface area (TPSA) is 185 Å². The Kier molecular flexibility index (Phi) is 11.8. The molecule has 0 bridgehead atoms. The second kappa shape index (κ2) is 16.8. The predicted octanol–water partition coefficient (Wildman–Crippen LogP) is 5.40. The molecular formula is C40H43N3O10. The zero-order chi connectivity index (χ0) is 37.5. The molecule has 1 aliphatic heterocycles. The molecule has 0 saturated carbocycles. The number of rotatable bonds is 16. The molecule has 1 aliphatic rings. The third-order valence-corrected chi connectivity index (χ3v) is 9.11. The number of benzene rings is 4. The minimum Gasteiger partial charge on any atom is -0.493 e. The van der Waals surface area contributed by atoms with Gasteiger partial charge in [-0.3, -0.25) is 4.79 Å². The fourth-order valence-corrected chi connectivity index (χ4v) is 6.29. The third-order valence-electron chi connectivity index (χ3n) is 9.11. The van der Waals surface area contributed by atoms with Gasteiger partial charge in [0.2, 0.25) is 5.75 Å². The largest absolute Gasteiger partial charge is 0.493 e. The van der Waals surface area contributed by atoms with E-state index in [0.29, 0.717) is 99.5 Å². The van der Waals surface area contributed by atoms with E-state index in [1.54, 1.807) is 36.4 Å². The maximum Gasteiger partial charge on any atom is 0.255 e. The molecule has 1 atom stereocenters. The maximum absolute atomic E-state index is 12.7. The number of aryl methyl sites for hydroxylation is 1. The van der Waals surface area contributed by atoms with E-state index in [-0.39, 0.29) is 32.3 Å². The zero-order valence-corrected chi connectivity index (χ0v) is 29.8. The van der Waals surface area contributed by atoms with Crippen LogP contribution in [0.4, 0.5) is 5.69 Å². The Labute approximate surface area is 306 Å². The molecule has 0 aliphatic carbocycles. The molecule has 278 valence electrons. The van der Waals surface area contributed by atoms with Crippen molar-refractivity contribution in [2.24, 2.45) is 0 Å². The number of nitrogens with zero attached hydrogens (tertiary/aromatic N) is 1. The molecule has 0 spiro atoms. The first-order valence-electron chi connectivity index (χ1n) is 17.2. The number of aliphatic hydroxyl groups is 4. The fraction of sp³-hybridized carbons (Fsp3) is 0.300. The van der Waals surface area contributed by atoms with E-state index in [9.17, 15) is 25.2 Å². The van der Waals surface area contributed by atoms with Crippen LogP contribution in [-0.4, -0.2) is 58.9 Å². The standard InChI is InChI=1S/C40H43N3O10/c1-23-6-8-32-30(12-23)40(48)42-39(41-32)24-7-9-34(29(13-24)21-46)51-10-4-5-11-52-38-36(49-2)16-26(17-37(38)50-3)35-18-33(43-53-35)25-14-27(19-44)31(22-47)28(15-25)20-45/h6-9,12-18,39,41,44-47H,4-5,10-11,19-22H2,1-3H3,(H,42,48). The Balaban J connectivity index is 1.06. The van der Waals surface area contributed by atoms with Crippen molar-refractivity contribution < 1.29 is 48.7 Å². The van der Waals surface area contributed by atoms with Crippen molar-refractivity contribution in [2.75, 3.05) is 32.8 Å². The van der Waals surface area contributed by atoms with Gasteiger partial charge >= 0.3 is 0 Å². The van der Waals surface area contributed by atoms with E-state index in [1.807, 2.05) is 37.3 Å². The highest BCUT2D eigenvalue weighted by Crippen LogP contribution is 2.42. The number of unbranched alkanes of at least 4 members (excludes halogenated alkanes) is 1. The molecular weight excluding hydrogens is 682 g/mol. The molecule has 0 saturated heterocycles. The molecule has 4 aromatic carbocycles. The van der Waals surface area contributed by atoms with Crippen LogP contribution in [0.15, 0.2) is 71.3 Å². The van der Waals surface area contributed by atoms with Crippen LogP contribution in [0.1, 0.15) is 62.7 Å². The van der Waals surface area contributed by atoms with Gasteiger partial charge in [-0.1, -0.05) is 22.9 Å². The zero-order valence-electron chi connectivity index (χ0n) is 29.8. The molecule has 53 heavy (non-hydrogen) atoms. The number of hydrogen-bond acceptors (Lipinski definition) is 12. The SMILES string of the molecule is COc1cc(-c2cc(-c3cc(CO)c(CO)c(CO)c3)no2)cc(OC)c1OCCCCOc1ccc(C2NC(=O)c3cc(C)ccc3N2)cc1CO. The number of nitrogens with one attached hydrogen (secondary N) is 2. The monoisotopic (exact) mass is 725 g/mol. The fourth-order valence-electron chi connectivity index (χ4n) is 6.29. The average Bonchev–Trinajstić information content (AvgIpc) is 3.69. The first-order valence-corrected chi connectivity index (χ1v) is 17.2. The summed E-state index contributed by atoms with van der Waals surface area (Å²) in [7, 11) is 3.06. The molecule has 1 aromatic heterocycles. The van der Waals surface area contributed by atoms with Crippen molar-refractivity contribution in [1.82, 2.24) is 10.5 Å². The smallest absolute Gasteiger partial charge is 0.255 e. The van der Waals surface area contributed by atoms with E-state index >= 15 is 0 Å². The van der Waals surface area contributed by atoms with Gasteiger partial charge < -0.3 is 54.5 Å². The molecule has 6 rings (SSSR count). The van der Waals surface area contributed by atoms with E-state index in [0.717, 1.165) is 16.8 Å². The quantitative estimate of drug-likeness (QED) is 0.0714. The van der Waals surface area contributed by atoms with Crippen LogP contribution in [0.3, 0.4) is 0 Å². The Morgan fingerprint density at radius 2 is 1.40 bits per heavy atom. The molecule has 13 nitrogen and oxygen atoms in total. The molecule has 6 N–H and O–H groups in total. The van der Waals surface area contributed by atoms with Gasteiger partial charge in [-0.05, 0) is 90.6 Å². The number of methoxy groups -OCH3 is 2. The molecule has 1 amide bonds. The second-order valence-corrected chi connectivity index (χ2v) is 12.6. The van der Waals surface area contributed by atoms with E-state index in [2.05, 4.69) is 15.8 Å². The number of anilines is 1. The van der Waals surface area contributed by atoms with Crippen LogP contribution < -0.4 is 29.6 Å². The number of hydrogen-bond donors (Lipinski definition) is 6. The first kappa shape index (κ1) is 37.2. The summed E-state index contributed by atoms with van der Waals surface area (Å²) in [5.41, 5.74) is 6.96. The molecule has 0 radical (unpaired) electrons. The number of carbonyl (C=O) groups is 1. The van der Waals surface area contributed by atoms with Gasteiger partial charge in [0.05, 0.1) is 59.4 Å². The lowest BCUT2D eigenvalue weighted by Crippen LogP contribution is -2.38. The molecule has 13 heteroatoms. The molecule has 1 unspecified atom stereocenters. The van der Waals surface area contributed by atoms with E-state index in [4.69, 9.17) is 23.5 Å². The van der Waals surface area contributed by atoms with Gasteiger partial charge in [0.1, 0.15) is 17.6 Å². The average molecular weight is 726 g/mol. The highest BCUT2D eigenvalue weighted by Gasteiger charge is 2.25. The minimum atomic E-state index is -0.441. The van der Waals surface area contributed by atoms with Crippen molar-refractivity contribution >= 4 is 11.6 Å². The lowest BCUT2D eigenvalue weighted by atomic mass is 9.97. The highest BCUT2D eigenvalue weighted by atomic mass is 16.5. The summed E-state index contributed by atoms with van der Waals surface area (Å²) in [6.45, 7) is 1.55. The lowest BCUT2D eigenvalue weighted by molar-refractivity contribution is 0.0935. The van der Waals surface area contributed by atoms with Gasteiger partial charge in [0.25, 0.3) is 5.91 Å². The second-order valence-electron chi connectivity index (χ2n) is 12.6. The molecule has 0 fully saturated rings. The van der Waals surface area contributed by atoms with Gasteiger partial charge in [-0.2, -0.15) is 0 Å². The van der Waals surface area contributed by atoms with Crippen molar-refractivity contribution in [3.8, 4) is 45.6 Å². The van der Waals surface area contributed by atoms with Gasteiger partial charge in [0.15, 0.2) is 17.3 Å². The van der Waals surface area contributed by atoms with Gasteiger partial charge in [-0.25, -0.2) is 0 Å². The van der Waals surface area contributed by atoms with Crippen LogP contribution in [-0.2, 0) is 26.4 Å². The number of amides is 1. The Bertz CT molecular complexity index is 2030. The van der Waals surface area contributed by atoms with E-state index in [1.165, 1.54) is 14.2 Å². The van der Waals surface area contributed by atoms with Crippen LogP contribution in [0.25, 0.3) is 22.6 Å². The van der Waals surface area contributed by atoms with Crippen LogP contribution in [0.5, 0.6) is 23.0 Å². The number of carbonyl (C=O) groups excluding carboxylic acids is 1. The summed E-state index contributed by atoms with van der Waals surface area (Å²) >= 11 is 0. The Hall–Kier alpha value is -5.60. The summed E-state index contributed by atoms with van der Waals surface area (Å²) in [5.74, 6) is 2.13. The van der Waals surface area contributed by atoms with Gasteiger partial charge in [0, 0.05) is 28.4 Å². The van der Waals surface area contributed by atoms with Crippen LogP contribution in [0.2, 0.25) is 0 Å². The maximum atomic E-state index is 12.7. The molecule has 2 heterocycles. The predicted molar refractivity (Wildman–Crippen MR) is 196 cm³/mol. The summed E-state index contributed by atoms with van der Waals surface area (Å²) in [6, 6.07) is 19.8. The van der Waals surface area contributed by atoms with Crippen LogP contribution >= 0.6 is 0 Å². The summed E-state index contributed by atoms with van der Waals surface area (Å²) in [5, 5.41) is 49.9. The number of aliphatic hydroxyl groups excluding tert-OH is 4. The summed E-state index contributed by atoms with van der Waals surface area (Å²) in [6.07, 6.45) is 0.884. The highest BCUT2D eigenvalue weighted by molar-refractivity contribution is 6.01. The number of ether oxygens (including phenoxy) is 4. The van der Waals surface area contributed by atoms with Crippen molar-refractivity contribution in [3.63, 3.8) is 0 Å².